The van der Waals surface area contributed by atoms with Crippen LogP contribution in [0.3, 0.4) is 0 Å². The van der Waals surface area contributed by atoms with Crippen molar-refractivity contribution in [1.82, 2.24) is 4.98 Å². The lowest BCUT2D eigenvalue weighted by Gasteiger charge is -2.11. The van der Waals surface area contributed by atoms with Crippen molar-refractivity contribution in [3.8, 4) is 22.8 Å². The van der Waals surface area contributed by atoms with Gasteiger partial charge in [0.05, 0.1) is 25.5 Å². The zero-order valence-electron chi connectivity index (χ0n) is 15.6. The first kappa shape index (κ1) is 18.7. The summed E-state index contributed by atoms with van der Waals surface area (Å²) in [6, 6.07) is 14.0. The third-order valence-corrected chi connectivity index (χ3v) is 5.05. The van der Waals surface area contributed by atoms with E-state index in [9.17, 15) is 9.59 Å². The maximum Gasteiger partial charge on any atom is 0.345 e. The van der Waals surface area contributed by atoms with E-state index in [0.29, 0.717) is 33.5 Å². The van der Waals surface area contributed by atoms with Crippen LogP contribution in [0.5, 0.6) is 11.5 Å². The third-order valence-electron chi connectivity index (χ3n) is 4.30. The van der Waals surface area contributed by atoms with Gasteiger partial charge in [0, 0.05) is 10.8 Å². The van der Waals surface area contributed by atoms with E-state index in [1.807, 2.05) is 12.1 Å². The number of carbonyl (C=O) groups excluding carboxylic acids is 1. The van der Waals surface area contributed by atoms with Gasteiger partial charge in [-0.15, -0.1) is 11.3 Å². The monoisotopic (exact) mass is 408 g/mol. The molecule has 0 aliphatic carbocycles. The Labute approximate surface area is 169 Å². The molecular formula is C21H16N2O5S. The van der Waals surface area contributed by atoms with Gasteiger partial charge in [-0.2, -0.15) is 0 Å². The Hall–Kier alpha value is -3.65. The molecule has 0 spiro atoms. The number of hydrogen-bond donors (Lipinski definition) is 1. The molecule has 2 heterocycles. The molecule has 0 fully saturated rings. The average molecular weight is 408 g/mol. The maximum atomic E-state index is 12.8. The van der Waals surface area contributed by atoms with Gasteiger partial charge in [0.1, 0.15) is 22.6 Å². The Morgan fingerprint density at radius 2 is 1.79 bits per heavy atom. The number of aromatic nitrogens is 1. The number of benzene rings is 2. The normalized spacial score (nSPS) is 10.7. The lowest BCUT2D eigenvalue weighted by Crippen LogP contribution is -2.14. The summed E-state index contributed by atoms with van der Waals surface area (Å²) in [5, 5.41) is 5.55. The molecule has 0 unspecified atom stereocenters. The SMILES string of the molecule is COc1cccc(OC)c1C(=O)Nc1nc(-c2cc3ccccc3oc2=O)cs1. The molecular weight excluding hydrogens is 392 g/mol. The second-order valence-electron chi connectivity index (χ2n) is 6.01. The number of nitrogens with one attached hydrogen (secondary N) is 1. The van der Waals surface area contributed by atoms with Gasteiger partial charge in [-0.3, -0.25) is 10.1 Å². The molecule has 0 aliphatic rings. The first-order valence-corrected chi connectivity index (χ1v) is 9.50. The van der Waals surface area contributed by atoms with Crippen LogP contribution in [0.1, 0.15) is 10.4 Å². The largest absolute Gasteiger partial charge is 0.496 e. The van der Waals surface area contributed by atoms with Gasteiger partial charge < -0.3 is 13.9 Å². The van der Waals surface area contributed by atoms with Crippen LogP contribution >= 0.6 is 11.3 Å². The molecule has 1 N–H and O–H groups in total. The number of rotatable bonds is 5. The van der Waals surface area contributed by atoms with Crippen molar-refractivity contribution in [3.05, 3.63) is 69.9 Å². The number of nitrogens with zero attached hydrogens (tertiary/aromatic N) is 1. The Balaban J connectivity index is 1.65. The second-order valence-corrected chi connectivity index (χ2v) is 6.87. The standard InChI is InChI=1S/C21H16N2O5S/c1-26-16-8-5-9-17(27-2)18(16)19(24)23-21-22-14(11-29-21)13-10-12-6-3-4-7-15(12)28-20(13)25/h3-11H,1-2H3,(H,22,23,24). The zero-order chi connectivity index (χ0) is 20.4. The lowest BCUT2D eigenvalue weighted by atomic mass is 10.1. The van der Waals surface area contributed by atoms with Crippen LogP contribution in [0.2, 0.25) is 0 Å². The predicted octanol–water partition coefficient (Wildman–Crippen LogP) is 4.19. The molecule has 4 rings (SSSR count). The molecule has 0 saturated carbocycles. The van der Waals surface area contributed by atoms with Crippen LogP contribution in [0.4, 0.5) is 5.13 Å². The molecule has 7 nitrogen and oxygen atoms in total. The van der Waals surface area contributed by atoms with Gasteiger partial charge in [-0.1, -0.05) is 24.3 Å². The van der Waals surface area contributed by atoms with Gasteiger partial charge in [-0.05, 0) is 24.3 Å². The number of hydrogen-bond acceptors (Lipinski definition) is 7. The van der Waals surface area contributed by atoms with Crippen LogP contribution in [-0.2, 0) is 0 Å². The van der Waals surface area contributed by atoms with Crippen LogP contribution in [0, 0.1) is 0 Å². The Morgan fingerprint density at radius 1 is 1.07 bits per heavy atom. The quantitative estimate of drug-likeness (QED) is 0.498. The number of thiazole rings is 1. The Morgan fingerprint density at radius 3 is 2.52 bits per heavy atom. The fraction of sp³-hybridized carbons (Fsp3) is 0.0952. The van der Waals surface area contributed by atoms with E-state index in [1.54, 1.807) is 41.8 Å². The summed E-state index contributed by atoms with van der Waals surface area (Å²) in [5.41, 5.74) is 1.04. The van der Waals surface area contributed by atoms with Crippen molar-refractivity contribution in [2.24, 2.45) is 0 Å². The first-order chi connectivity index (χ1) is 14.1. The smallest absolute Gasteiger partial charge is 0.345 e. The molecule has 0 saturated heterocycles. The van der Waals surface area contributed by atoms with Gasteiger partial charge in [0.25, 0.3) is 5.91 Å². The van der Waals surface area contributed by atoms with Crippen LogP contribution in [0.15, 0.2) is 63.1 Å². The molecule has 0 atom stereocenters. The van der Waals surface area contributed by atoms with E-state index in [1.165, 1.54) is 25.6 Å². The van der Waals surface area contributed by atoms with Crippen LogP contribution < -0.4 is 20.4 Å². The lowest BCUT2D eigenvalue weighted by molar-refractivity contribution is 0.102. The highest BCUT2D eigenvalue weighted by molar-refractivity contribution is 7.14. The summed E-state index contributed by atoms with van der Waals surface area (Å²) in [5.74, 6) is 0.341. The number of ether oxygens (including phenoxy) is 2. The summed E-state index contributed by atoms with van der Waals surface area (Å²) in [6.45, 7) is 0. The molecule has 29 heavy (non-hydrogen) atoms. The zero-order valence-corrected chi connectivity index (χ0v) is 16.4. The maximum absolute atomic E-state index is 12.8. The minimum absolute atomic E-state index is 0.263. The van der Waals surface area contributed by atoms with E-state index in [4.69, 9.17) is 13.9 Å². The molecule has 8 heteroatoms. The fourth-order valence-corrected chi connectivity index (χ4v) is 3.64. The molecule has 2 aromatic heterocycles. The average Bonchev–Trinajstić information content (AvgIpc) is 3.20. The van der Waals surface area contributed by atoms with Crippen molar-refractivity contribution in [3.63, 3.8) is 0 Å². The Kier molecular flexibility index (Phi) is 5.01. The minimum atomic E-state index is -0.488. The molecule has 0 aliphatic heterocycles. The summed E-state index contributed by atoms with van der Waals surface area (Å²) < 4.78 is 15.9. The number of amides is 1. The summed E-state index contributed by atoms with van der Waals surface area (Å²) in [4.78, 5) is 29.5. The van der Waals surface area contributed by atoms with Gasteiger partial charge >= 0.3 is 5.63 Å². The van der Waals surface area contributed by atoms with E-state index >= 15 is 0 Å². The van der Waals surface area contributed by atoms with Crippen molar-refractivity contribution >= 4 is 33.3 Å². The number of fused-ring (bicyclic) bond motifs is 1. The van der Waals surface area contributed by atoms with Crippen LogP contribution in [0.25, 0.3) is 22.2 Å². The molecule has 1 amide bonds. The predicted molar refractivity (Wildman–Crippen MR) is 111 cm³/mol. The molecule has 146 valence electrons. The highest BCUT2D eigenvalue weighted by Crippen LogP contribution is 2.30. The van der Waals surface area contributed by atoms with E-state index in [-0.39, 0.29) is 5.56 Å². The summed E-state index contributed by atoms with van der Waals surface area (Å²) in [7, 11) is 2.96. The Bertz CT molecular complexity index is 1240. The summed E-state index contributed by atoms with van der Waals surface area (Å²) in [6.07, 6.45) is 0. The molecule has 4 aromatic rings. The van der Waals surface area contributed by atoms with E-state index < -0.39 is 11.5 Å². The highest BCUT2D eigenvalue weighted by Gasteiger charge is 2.20. The number of carbonyl (C=O) groups is 1. The van der Waals surface area contributed by atoms with E-state index in [2.05, 4.69) is 10.3 Å². The van der Waals surface area contributed by atoms with Gasteiger partial charge in [0.15, 0.2) is 5.13 Å². The van der Waals surface area contributed by atoms with Gasteiger partial charge in [0.2, 0.25) is 0 Å². The number of para-hydroxylation sites is 1. The van der Waals surface area contributed by atoms with Crippen molar-refractivity contribution in [1.29, 1.82) is 0 Å². The summed E-state index contributed by atoms with van der Waals surface area (Å²) >= 11 is 1.20. The van der Waals surface area contributed by atoms with Crippen LogP contribution in [-0.4, -0.2) is 25.1 Å². The molecule has 2 aromatic carbocycles. The topological polar surface area (TPSA) is 90.7 Å². The fourth-order valence-electron chi connectivity index (χ4n) is 2.93. The second kappa shape index (κ2) is 7.76. The van der Waals surface area contributed by atoms with Crippen molar-refractivity contribution in [2.45, 2.75) is 0 Å². The van der Waals surface area contributed by atoms with E-state index in [0.717, 1.165) is 5.39 Å². The number of methoxy groups -OCH3 is 2. The van der Waals surface area contributed by atoms with Crippen molar-refractivity contribution in [2.75, 3.05) is 19.5 Å². The number of anilines is 1. The minimum Gasteiger partial charge on any atom is -0.496 e. The highest BCUT2D eigenvalue weighted by atomic mass is 32.1. The molecule has 0 radical (unpaired) electrons. The van der Waals surface area contributed by atoms with Gasteiger partial charge in [-0.25, -0.2) is 9.78 Å². The molecule has 0 bridgehead atoms. The first-order valence-electron chi connectivity index (χ1n) is 8.62. The van der Waals surface area contributed by atoms with Crippen molar-refractivity contribution < 1.29 is 18.7 Å². The third kappa shape index (κ3) is 3.57.